The largest absolute Gasteiger partial charge is 0.494 e. The number of rotatable bonds is 6. The quantitative estimate of drug-likeness (QED) is 0.500. The molecule has 1 saturated heterocycles. The van der Waals surface area contributed by atoms with Gasteiger partial charge in [0.25, 0.3) is 5.91 Å². The zero-order valence-corrected chi connectivity index (χ0v) is 18.5. The lowest BCUT2D eigenvalue weighted by Crippen LogP contribution is -2.47. The average molecular weight is 459 g/mol. The van der Waals surface area contributed by atoms with Crippen LogP contribution in [0.1, 0.15) is 37.1 Å². The highest BCUT2D eigenvalue weighted by Crippen LogP contribution is 2.32. The number of aryl methyl sites for hydroxylation is 1. The number of halogens is 3. The topological polar surface area (TPSA) is 56.6 Å². The van der Waals surface area contributed by atoms with Crippen molar-refractivity contribution in [2.45, 2.75) is 38.8 Å². The van der Waals surface area contributed by atoms with Gasteiger partial charge in [-0.05, 0) is 56.5 Å². The van der Waals surface area contributed by atoms with Crippen molar-refractivity contribution < 1.29 is 27.4 Å². The van der Waals surface area contributed by atoms with E-state index in [1.165, 1.54) is 4.90 Å². The second kappa shape index (κ2) is 9.17. The molecule has 0 saturated carbocycles. The molecule has 2 aromatic carbocycles. The van der Waals surface area contributed by atoms with Crippen molar-refractivity contribution in [2.24, 2.45) is 0 Å². The third-order valence-electron chi connectivity index (χ3n) is 5.80. The maximum absolute atomic E-state index is 13.7. The molecule has 4 rings (SSSR count). The van der Waals surface area contributed by atoms with Crippen molar-refractivity contribution in [3.05, 3.63) is 71.6 Å². The summed E-state index contributed by atoms with van der Waals surface area (Å²) in [6, 6.07) is 6.45. The summed E-state index contributed by atoms with van der Waals surface area (Å²) in [6.45, 7) is 3.94. The van der Waals surface area contributed by atoms with Gasteiger partial charge in [0, 0.05) is 18.8 Å². The van der Waals surface area contributed by atoms with Gasteiger partial charge < -0.3 is 18.9 Å². The third-order valence-corrected chi connectivity index (χ3v) is 5.80. The van der Waals surface area contributed by atoms with E-state index in [1.54, 1.807) is 32.5 Å². The van der Waals surface area contributed by atoms with Crippen LogP contribution in [-0.2, 0) is 4.79 Å². The van der Waals surface area contributed by atoms with Crippen LogP contribution in [0, 0.1) is 24.4 Å². The molecule has 0 bridgehead atoms. The number of likely N-dealkylation sites (tertiary alicyclic amines) is 1. The normalized spacial score (nSPS) is 17.2. The summed E-state index contributed by atoms with van der Waals surface area (Å²) in [4.78, 5) is 18.8. The highest BCUT2D eigenvalue weighted by Gasteiger charge is 2.34. The second-order valence-electron chi connectivity index (χ2n) is 8.01. The van der Waals surface area contributed by atoms with Gasteiger partial charge in [-0.2, -0.15) is 0 Å². The zero-order chi connectivity index (χ0) is 23.7. The predicted octanol–water partition coefficient (Wildman–Crippen LogP) is 4.74. The minimum absolute atomic E-state index is 0.182. The van der Waals surface area contributed by atoms with E-state index < -0.39 is 29.6 Å². The van der Waals surface area contributed by atoms with Gasteiger partial charge in [0.05, 0.1) is 30.9 Å². The summed E-state index contributed by atoms with van der Waals surface area (Å²) in [5.74, 6) is -3.38. The number of piperidine rings is 1. The Kier molecular flexibility index (Phi) is 6.31. The maximum atomic E-state index is 13.7. The first-order valence-corrected chi connectivity index (χ1v) is 10.6. The molecule has 174 valence electrons. The number of carbonyl (C=O) groups excluding carboxylic acids is 1. The number of hydrogen-bond donors (Lipinski definition) is 0. The molecule has 3 aromatic rings. The number of nitrogens with zero attached hydrogens (tertiary/aromatic N) is 3. The molecule has 0 N–H and O–H groups in total. The Labute approximate surface area is 189 Å². The summed E-state index contributed by atoms with van der Waals surface area (Å²) in [6.07, 6.45) is 3.93. The molecular weight excluding hydrogens is 435 g/mol. The van der Waals surface area contributed by atoms with Crippen molar-refractivity contribution in [3.63, 3.8) is 0 Å². The number of ether oxygens (including phenoxy) is 2. The first kappa shape index (κ1) is 22.7. The third kappa shape index (κ3) is 4.53. The van der Waals surface area contributed by atoms with Crippen LogP contribution < -0.4 is 9.47 Å². The molecule has 2 atom stereocenters. The minimum Gasteiger partial charge on any atom is -0.494 e. The van der Waals surface area contributed by atoms with Gasteiger partial charge in [0.15, 0.2) is 23.6 Å². The zero-order valence-electron chi connectivity index (χ0n) is 18.5. The SMILES string of the molecule is COc1cc(OC2CCCN(C(C)c3cc(F)c(F)c(F)c3)C2=O)ccc1-n1cnc(C)c1. The molecule has 6 nitrogen and oxygen atoms in total. The molecule has 0 radical (unpaired) electrons. The van der Waals surface area contributed by atoms with Gasteiger partial charge in [-0.1, -0.05) is 0 Å². The van der Waals surface area contributed by atoms with Crippen molar-refractivity contribution in [1.29, 1.82) is 0 Å². The Hall–Kier alpha value is -3.49. The van der Waals surface area contributed by atoms with Crippen molar-refractivity contribution >= 4 is 5.91 Å². The number of benzene rings is 2. The Morgan fingerprint density at radius 2 is 1.88 bits per heavy atom. The van der Waals surface area contributed by atoms with E-state index in [9.17, 15) is 18.0 Å². The first-order valence-electron chi connectivity index (χ1n) is 10.6. The lowest BCUT2D eigenvalue weighted by Gasteiger charge is -2.36. The number of carbonyl (C=O) groups is 1. The van der Waals surface area contributed by atoms with E-state index in [2.05, 4.69) is 4.98 Å². The summed E-state index contributed by atoms with van der Waals surface area (Å²) in [5.41, 5.74) is 1.82. The first-order chi connectivity index (χ1) is 15.8. The Balaban J connectivity index is 1.53. The molecule has 2 heterocycles. The van der Waals surface area contributed by atoms with Gasteiger partial charge in [0.1, 0.15) is 11.5 Å². The predicted molar refractivity (Wildman–Crippen MR) is 115 cm³/mol. The number of amides is 1. The van der Waals surface area contributed by atoms with Crippen LogP contribution in [0.2, 0.25) is 0 Å². The molecule has 9 heteroatoms. The lowest BCUT2D eigenvalue weighted by molar-refractivity contribution is -0.144. The van der Waals surface area contributed by atoms with Crippen LogP contribution in [0.5, 0.6) is 11.5 Å². The molecule has 1 aliphatic heterocycles. The smallest absolute Gasteiger partial charge is 0.264 e. The number of hydrogen-bond acceptors (Lipinski definition) is 4. The second-order valence-corrected chi connectivity index (χ2v) is 8.01. The highest BCUT2D eigenvalue weighted by atomic mass is 19.2. The lowest BCUT2D eigenvalue weighted by atomic mass is 10.0. The summed E-state index contributed by atoms with van der Waals surface area (Å²) in [7, 11) is 1.54. The molecule has 0 aliphatic carbocycles. The van der Waals surface area contributed by atoms with E-state index in [0.717, 1.165) is 23.5 Å². The van der Waals surface area contributed by atoms with Crippen molar-refractivity contribution in [2.75, 3.05) is 13.7 Å². The van der Waals surface area contributed by atoms with Crippen LogP contribution in [0.4, 0.5) is 13.2 Å². The Morgan fingerprint density at radius 1 is 1.15 bits per heavy atom. The van der Waals surface area contributed by atoms with Gasteiger partial charge >= 0.3 is 0 Å². The number of aromatic nitrogens is 2. The van der Waals surface area contributed by atoms with Crippen molar-refractivity contribution in [1.82, 2.24) is 14.5 Å². The summed E-state index contributed by atoms with van der Waals surface area (Å²) in [5, 5.41) is 0. The van der Waals surface area contributed by atoms with E-state index in [4.69, 9.17) is 9.47 Å². The van der Waals surface area contributed by atoms with Gasteiger partial charge in [0.2, 0.25) is 0 Å². The highest BCUT2D eigenvalue weighted by molar-refractivity contribution is 5.82. The summed E-state index contributed by atoms with van der Waals surface area (Å²) < 4.78 is 54.0. The van der Waals surface area contributed by atoms with Gasteiger partial charge in [-0.3, -0.25) is 4.79 Å². The summed E-state index contributed by atoms with van der Waals surface area (Å²) >= 11 is 0. The minimum atomic E-state index is -1.53. The molecule has 1 aromatic heterocycles. The number of methoxy groups -OCH3 is 1. The molecule has 33 heavy (non-hydrogen) atoms. The number of imidazole rings is 1. The molecule has 0 spiro atoms. The molecule has 2 unspecified atom stereocenters. The van der Waals surface area contributed by atoms with Crippen LogP contribution in [-0.4, -0.2) is 40.1 Å². The van der Waals surface area contributed by atoms with E-state index in [1.807, 2.05) is 23.8 Å². The molecule has 1 aliphatic rings. The fraction of sp³-hybridized carbons (Fsp3) is 0.333. The van der Waals surface area contributed by atoms with Crippen LogP contribution in [0.25, 0.3) is 5.69 Å². The fourth-order valence-electron chi connectivity index (χ4n) is 4.02. The van der Waals surface area contributed by atoms with Crippen LogP contribution in [0.3, 0.4) is 0 Å². The standard InChI is InChI=1S/C24H24F3N3O3/c1-14-12-29(13-28-14)20-7-6-17(11-22(20)32-3)33-21-5-4-8-30(24(21)31)15(2)16-9-18(25)23(27)19(26)10-16/h6-7,9-13,15,21H,4-5,8H2,1-3H3. The van der Waals surface area contributed by atoms with E-state index in [0.29, 0.717) is 30.9 Å². The molecule has 1 amide bonds. The van der Waals surface area contributed by atoms with Crippen molar-refractivity contribution in [3.8, 4) is 17.2 Å². The molecular formula is C24H24F3N3O3. The van der Waals surface area contributed by atoms with Crippen LogP contribution >= 0.6 is 0 Å². The van der Waals surface area contributed by atoms with Gasteiger partial charge in [-0.25, -0.2) is 18.2 Å². The average Bonchev–Trinajstić information content (AvgIpc) is 3.24. The van der Waals surface area contributed by atoms with E-state index in [-0.39, 0.29) is 11.5 Å². The maximum Gasteiger partial charge on any atom is 0.264 e. The van der Waals surface area contributed by atoms with E-state index >= 15 is 0 Å². The Morgan fingerprint density at radius 3 is 2.52 bits per heavy atom. The van der Waals surface area contributed by atoms with Crippen LogP contribution in [0.15, 0.2) is 42.9 Å². The Bertz CT molecular complexity index is 1160. The monoisotopic (exact) mass is 459 g/mol. The molecule has 1 fully saturated rings. The van der Waals surface area contributed by atoms with Gasteiger partial charge in [-0.15, -0.1) is 0 Å². The fourth-order valence-corrected chi connectivity index (χ4v) is 4.02.